The van der Waals surface area contributed by atoms with Crippen molar-refractivity contribution in [1.82, 2.24) is 0 Å². The van der Waals surface area contributed by atoms with E-state index in [-0.39, 0.29) is 0 Å². The number of likely N-dealkylation sites (tertiary alicyclic amines) is 2. The highest BCUT2D eigenvalue weighted by Crippen LogP contribution is 2.27. The summed E-state index contributed by atoms with van der Waals surface area (Å²) >= 11 is 0. The Balaban J connectivity index is 1.61. The van der Waals surface area contributed by atoms with Crippen LogP contribution in [0.15, 0.2) is 30.3 Å². The van der Waals surface area contributed by atoms with Crippen molar-refractivity contribution in [3.05, 3.63) is 35.9 Å². The summed E-state index contributed by atoms with van der Waals surface area (Å²) < 4.78 is 0. The molecule has 1 spiro atoms. The second-order valence-electron chi connectivity index (χ2n) is 6.22. The maximum atomic E-state index is 2.35. The quantitative estimate of drug-likeness (QED) is 0.672. The molecule has 0 radical (unpaired) electrons. The van der Waals surface area contributed by atoms with Crippen molar-refractivity contribution in [3.63, 3.8) is 0 Å². The summed E-state index contributed by atoms with van der Waals surface area (Å²) in [6.07, 6.45) is 2.91. The third kappa shape index (κ3) is 2.38. The number of rotatable bonds is 2. The molecule has 2 aliphatic rings. The molecule has 2 heteroatoms. The van der Waals surface area contributed by atoms with E-state index >= 15 is 0 Å². The Morgan fingerprint density at radius 1 is 1.06 bits per heavy atom. The van der Waals surface area contributed by atoms with Gasteiger partial charge in [0.05, 0.1) is 38.6 Å². The van der Waals surface area contributed by atoms with E-state index in [4.69, 9.17) is 0 Å². The van der Waals surface area contributed by atoms with Crippen LogP contribution in [-0.2, 0) is 6.54 Å². The number of hydrogen-bond acceptors (Lipinski definition) is 0. The number of hydrogen-bond donors (Lipinski definition) is 2. The van der Waals surface area contributed by atoms with Gasteiger partial charge in [-0.3, -0.25) is 0 Å². The summed E-state index contributed by atoms with van der Waals surface area (Å²) in [6.45, 7) is 6.80. The highest BCUT2D eigenvalue weighted by molar-refractivity contribution is 5.13. The molecular weight excluding hydrogens is 208 g/mol. The molecule has 0 aromatic heterocycles. The van der Waals surface area contributed by atoms with E-state index in [1.165, 1.54) is 51.1 Å². The van der Waals surface area contributed by atoms with Crippen molar-refractivity contribution < 1.29 is 9.80 Å². The van der Waals surface area contributed by atoms with Gasteiger partial charge in [-0.15, -0.1) is 0 Å². The van der Waals surface area contributed by atoms with Gasteiger partial charge in [0.1, 0.15) is 6.54 Å². The molecule has 3 rings (SSSR count). The Hall–Kier alpha value is -0.860. The largest absolute Gasteiger partial charge is 0.337 e. The predicted octanol–water partition coefficient (Wildman–Crippen LogP) is -0.620. The molecular formula is C15H24N2+2. The first kappa shape index (κ1) is 11.2. The second-order valence-corrected chi connectivity index (χ2v) is 6.22. The van der Waals surface area contributed by atoms with Gasteiger partial charge in [0.15, 0.2) is 0 Å². The lowest BCUT2D eigenvalue weighted by molar-refractivity contribution is -0.908. The standard InChI is InChI=1S/C15H22N2/c1-16-9-7-15(12-16)8-10-17(13-15)11-14-5-3-2-4-6-14/h2-6H,7-13H2,1H3/p+2/t15-/m1/s1. The second kappa shape index (κ2) is 4.43. The van der Waals surface area contributed by atoms with E-state index in [0.717, 1.165) is 0 Å². The van der Waals surface area contributed by atoms with Gasteiger partial charge in [-0.25, -0.2) is 0 Å². The maximum Gasteiger partial charge on any atom is 0.103 e. The van der Waals surface area contributed by atoms with Gasteiger partial charge in [0.2, 0.25) is 0 Å². The highest BCUT2D eigenvalue weighted by Gasteiger charge is 2.47. The summed E-state index contributed by atoms with van der Waals surface area (Å²) in [4.78, 5) is 3.54. The first-order valence-electron chi connectivity index (χ1n) is 6.95. The molecule has 2 N–H and O–H groups in total. The van der Waals surface area contributed by atoms with E-state index < -0.39 is 0 Å². The van der Waals surface area contributed by atoms with Gasteiger partial charge in [-0.05, 0) is 0 Å². The lowest BCUT2D eigenvalue weighted by atomic mass is 9.86. The van der Waals surface area contributed by atoms with Crippen molar-refractivity contribution in [3.8, 4) is 0 Å². The normalized spacial score (nSPS) is 36.8. The van der Waals surface area contributed by atoms with Gasteiger partial charge in [-0.1, -0.05) is 30.3 Å². The van der Waals surface area contributed by atoms with Gasteiger partial charge in [-0.2, -0.15) is 0 Å². The molecule has 2 fully saturated rings. The molecule has 2 unspecified atom stereocenters. The molecule has 2 heterocycles. The molecule has 17 heavy (non-hydrogen) atoms. The fourth-order valence-corrected chi connectivity index (χ4v) is 3.84. The number of quaternary nitrogens is 2. The lowest BCUT2D eigenvalue weighted by Gasteiger charge is -2.18. The predicted molar refractivity (Wildman–Crippen MR) is 69.1 cm³/mol. The molecule has 2 saturated heterocycles. The van der Waals surface area contributed by atoms with Crippen LogP contribution in [0.5, 0.6) is 0 Å². The maximum absolute atomic E-state index is 2.35. The lowest BCUT2D eigenvalue weighted by Crippen LogP contribution is -3.10. The minimum absolute atomic E-state index is 0.689. The smallest absolute Gasteiger partial charge is 0.103 e. The Morgan fingerprint density at radius 3 is 2.53 bits per heavy atom. The van der Waals surface area contributed by atoms with Crippen LogP contribution in [0.4, 0.5) is 0 Å². The zero-order valence-corrected chi connectivity index (χ0v) is 10.8. The monoisotopic (exact) mass is 232 g/mol. The zero-order chi connectivity index (χ0) is 11.7. The summed E-state index contributed by atoms with van der Waals surface area (Å²) in [5.74, 6) is 0. The molecule has 2 aliphatic heterocycles. The van der Waals surface area contributed by atoms with Crippen LogP contribution < -0.4 is 9.80 Å². The summed E-state index contributed by atoms with van der Waals surface area (Å²) in [7, 11) is 2.35. The summed E-state index contributed by atoms with van der Waals surface area (Å²) in [6, 6.07) is 11.0. The Morgan fingerprint density at radius 2 is 1.82 bits per heavy atom. The van der Waals surface area contributed by atoms with Crippen LogP contribution >= 0.6 is 0 Å². The van der Waals surface area contributed by atoms with Crippen LogP contribution in [0.25, 0.3) is 0 Å². The van der Waals surface area contributed by atoms with Crippen LogP contribution in [0, 0.1) is 5.41 Å². The first-order chi connectivity index (χ1) is 8.26. The first-order valence-corrected chi connectivity index (χ1v) is 6.95. The third-order valence-corrected chi connectivity index (χ3v) is 4.69. The Labute approximate surface area is 104 Å². The SMILES string of the molecule is C[NH+]1CC[C@@]2(CC[NH+](Cc3ccccc3)C2)C1. The minimum atomic E-state index is 0.689. The molecule has 2 nitrogen and oxygen atoms in total. The van der Waals surface area contributed by atoms with E-state index in [0.29, 0.717) is 5.41 Å². The fourth-order valence-electron chi connectivity index (χ4n) is 3.84. The molecule has 0 amide bonds. The molecule has 3 atom stereocenters. The topological polar surface area (TPSA) is 8.88 Å². The van der Waals surface area contributed by atoms with Gasteiger partial charge < -0.3 is 9.80 Å². The molecule has 92 valence electrons. The molecule has 1 aromatic carbocycles. The van der Waals surface area contributed by atoms with Crippen molar-refractivity contribution >= 4 is 0 Å². The van der Waals surface area contributed by atoms with Gasteiger partial charge in [0, 0.05) is 18.4 Å². The number of benzene rings is 1. The Bertz CT molecular complexity index is 376. The zero-order valence-electron chi connectivity index (χ0n) is 10.8. The van der Waals surface area contributed by atoms with E-state index in [2.05, 4.69) is 37.4 Å². The van der Waals surface area contributed by atoms with Crippen molar-refractivity contribution in [2.45, 2.75) is 19.4 Å². The van der Waals surface area contributed by atoms with Crippen LogP contribution in [0.3, 0.4) is 0 Å². The van der Waals surface area contributed by atoms with Crippen molar-refractivity contribution in [1.29, 1.82) is 0 Å². The molecule has 0 saturated carbocycles. The van der Waals surface area contributed by atoms with Crippen LogP contribution in [0.1, 0.15) is 18.4 Å². The number of nitrogens with one attached hydrogen (secondary N) is 2. The molecule has 0 bridgehead atoms. The van der Waals surface area contributed by atoms with E-state index in [1.54, 1.807) is 9.80 Å². The summed E-state index contributed by atoms with van der Waals surface area (Å²) in [5.41, 5.74) is 2.19. The molecule has 0 aliphatic carbocycles. The molecule has 1 aromatic rings. The van der Waals surface area contributed by atoms with Gasteiger partial charge >= 0.3 is 0 Å². The average Bonchev–Trinajstić information content (AvgIpc) is 2.88. The van der Waals surface area contributed by atoms with E-state index in [9.17, 15) is 0 Å². The Kier molecular flexibility index (Phi) is 2.93. The summed E-state index contributed by atoms with van der Waals surface area (Å²) in [5, 5.41) is 0. The van der Waals surface area contributed by atoms with Gasteiger partial charge in [0.25, 0.3) is 0 Å². The average molecular weight is 232 g/mol. The van der Waals surface area contributed by atoms with Crippen LogP contribution in [-0.4, -0.2) is 33.2 Å². The third-order valence-electron chi connectivity index (χ3n) is 4.69. The van der Waals surface area contributed by atoms with Crippen molar-refractivity contribution in [2.75, 3.05) is 33.2 Å². The van der Waals surface area contributed by atoms with Crippen molar-refractivity contribution in [2.24, 2.45) is 5.41 Å². The minimum Gasteiger partial charge on any atom is -0.337 e. The fraction of sp³-hybridized carbons (Fsp3) is 0.600. The highest BCUT2D eigenvalue weighted by atomic mass is 15.2. The van der Waals surface area contributed by atoms with Crippen LogP contribution in [0.2, 0.25) is 0 Å². The van der Waals surface area contributed by atoms with E-state index in [1.807, 2.05) is 0 Å².